The van der Waals surface area contributed by atoms with Crippen molar-refractivity contribution < 1.29 is 22.7 Å². The van der Waals surface area contributed by atoms with Gasteiger partial charge in [-0.15, -0.1) is 0 Å². The molecule has 0 saturated carbocycles. The SMILES string of the molecule is CC(NC(=O)c1cc(Cl)c2c(c1)OCCO2)c1ccc(S(N)(=O)=O)cc1. The Morgan fingerprint density at radius 1 is 1.19 bits per heavy atom. The van der Waals surface area contributed by atoms with E-state index < -0.39 is 10.0 Å². The van der Waals surface area contributed by atoms with Crippen LogP contribution in [-0.2, 0) is 10.0 Å². The van der Waals surface area contributed by atoms with E-state index in [0.717, 1.165) is 5.56 Å². The van der Waals surface area contributed by atoms with Gasteiger partial charge in [0.05, 0.1) is 16.0 Å². The van der Waals surface area contributed by atoms with Crippen molar-refractivity contribution in [2.24, 2.45) is 5.14 Å². The Balaban J connectivity index is 1.76. The van der Waals surface area contributed by atoms with E-state index in [2.05, 4.69) is 5.32 Å². The van der Waals surface area contributed by atoms with Crippen molar-refractivity contribution in [1.29, 1.82) is 0 Å². The number of benzene rings is 2. The summed E-state index contributed by atoms with van der Waals surface area (Å²) in [6, 6.07) is 8.73. The Bertz CT molecular complexity index is 944. The molecular formula is C17H17ClN2O5S. The van der Waals surface area contributed by atoms with E-state index >= 15 is 0 Å². The lowest BCUT2D eigenvalue weighted by Gasteiger charge is -2.21. The van der Waals surface area contributed by atoms with Gasteiger partial charge in [0.1, 0.15) is 13.2 Å². The van der Waals surface area contributed by atoms with E-state index in [0.29, 0.717) is 35.3 Å². The third kappa shape index (κ3) is 3.92. The fourth-order valence-corrected chi connectivity index (χ4v) is 3.33. The summed E-state index contributed by atoms with van der Waals surface area (Å²) in [7, 11) is -3.75. The summed E-state index contributed by atoms with van der Waals surface area (Å²) >= 11 is 6.15. The first kappa shape index (κ1) is 18.5. The van der Waals surface area contributed by atoms with Gasteiger partial charge in [-0.25, -0.2) is 13.6 Å². The topological polar surface area (TPSA) is 108 Å². The standard InChI is InChI=1S/C17H17ClN2O5S/c1-10(11-2-4-13(5-3-11)26(19,22)23)20-17(21)12-8-14(18)16-15(9-12)24-6-7-25-16/h2-5,8-10H,6-7H2,1H3,(H,20,21)(H2,19,22,23). The zero-order valence-electron chi connectivity index (χ0n) is 13.9. The molecule has 0 spiro atoms. The monoisotopic (exact) mass is 396 g/mol. The maximum absolute atomic E-state index is 12.5. The summed E-state index contributed by atoms with van der Waals surface area (Å²) in [5, 5.41) is 8.21. The van der Waals surface area contributed by atoms with Gasteiger partial charge in [-0.05, 0) is 36.8 Å². The third-order valence-electron chi connectivity index (χ3n) is 3.92. The Kier molecular flexibility index (Phi) is 5.08. The highest BCUT2D eigenvalue weighted by molar-refractivity contribution is 7.89. The molecule has 2 aromatic rings. The predicted octanol–water partition coefficient (Wildman–Crippen LogP) is 2.25. The summed E-state index contributed by atoms with van der Waals surface area (Å²) in [6.07, 6.45) is 0. The van der Waals surface area contributed by atoms with Crippen LogP contribution < -0.4 is 19.9 Å². The highest BCUT2D eigenvalue weighted by Crippen LogP contribution is 2.38. The highest BCUT2D eigenvalue weighted by atomic mass is 35.5. The van der Waals surface area contributed by atoms with Gasteiger partial charge in [-0.2, -0.15) is 0 Å². The number of rotatable bonds is 4. The van der Waals surface area contributed by atoms with Crippen LogP contribution in [0.3, 0.4) is 0 Å². The molecule has 3 rings (SSSR count). The Morgan fingerprint density at radius 2 is 1.85 bits per heavy atom. The highest BCUT2D eigenvalue weighted by Gasteiger charge is 2.20. The lowest BCUT2D eigenvalue weighted by Crippen LogP contribution is -2.27. The lowest BCUT2D eigenvalue weighted by molar-refractivity contribution is 0.0938. The van der Waals surface area contributed by atoms with Crippen LogP contribution in [0.1, 0.15) is 28.9 Å². The number of nitrogens with two attached hydrogens (primary N) is 1. The number of sulfonamides is 1. The van der Waals surface area contributed by atoms with Crippen LogP contribution in [0.15, 0.2) is 41.3 Å². The third-order valence-corrected chi connectivity index (χ3v) is 5.13. The first-order valence-corrected chi connectivity index (χ1v) is 9.71. The molecule has 0 aliphatic carbocycles. The molecule has 1 amide bonds. The van der Waals surface area contributed by atoms with Gasteiger partial charge in [0.15, 0.2) is 11.5 Å². The van der Waals surface area contributed by atoms with E-state index in [4.69, 9.17) is 26.2 Å². The first-order chi connectivity index (χ1) is 12.3. The molecular weight excluding hydrogens is 380 g/mol. The molecule has 0 bridgehead atoms. The minimum atomic E-state index is -3.75. The van der Waals surface area contributed by atoms with E-state index in [1.165, 1.54) is 18.2 Å². The van der Waals surface area contributed by atoms with Gasteiger partial charge in [-0.3, -0.25) is 4.79 Å². The molecule has 26 heavy (non-hydrogen) atoms. The zero-order chi connectivity index (χ0) is 18.9. The average Bonchev–Trinajstić information content (AvgIpc) is 2.61. The van der Waals surface area contributed by atoms with Gasteiger partial charge in [0.2, 0.25) is 10.0 Å². The minimum absolute atomic E-state index is 0.0124. The summed E-state index contributed by atoms with van der Waals surface area (Å²) in [6.45, 7) is 2.58. The molecule has 0 fully saturated rings. The second-order valence-electron chi connectivity index (χ2n) is 5.79. The molecule has 1 heterocycles. The van der Waals surface area contributed by atoms with Crippen LogP contribution in [0, 0.1) is 0 Å². The smallest absolute Gasteiger partial charge is 0.251 e. The number of amides is 1. The Morgan fingerprint density at radius 3 is 2.50 bits per heavy atom. The predicted molar refractivity (Wildman–Crippen MR) is 96.1 cm³/mol. The Labute approximate surface area is 156 Å². The van der Waals surface area contributed by atoms with E-state index in [1.54, 1.807) is 25.1 Å². The molecule has 0 aromatic heterocycles. The van der Waals surface area contributed by atoms with Crippen LogP contribution in [0.5, 0.6) is 11.5 Å². The average molecular weight is 397 g/mol. The van der Waals surface area contributed by atoms with Crippen LogP contribution >= 0.6 is 11.6 Å². The normalized spacial score (nSPS) is 14.6. The second kappa shape index (κ2) is 7.14. The number of ether oxygens (including phenoxy) is 2. The molecule has 0 saturated heterocycles. The van der Waals surface area contributed by atoms with E-state index in [9.17, 15) is 13.2 Å². The van der Waals surface area contributed by atoms with Crippen LogP contribution in [0.4, 0.5) is 0 Å². The number of hydrogen-bond acceptors (Lipinski definition) is 5. The molecule has 0 radical (unpaired) electrons. The quantitative estimate of drug-likeness (QED) is 0.824. The van der Waals surface area contributed by atoms with Gasteiger partial charge >= 0.3 is 0 Å². The maximum Gasteiger partial charge on any atom is 0.251 e. The molecule has 138 valence electrons. The van der Waals surface area contributed by atoms with Crippen LogP contribution in [0.25, 0.3) is 0 Å². The van der Waals surface area contributed by atoms with Gasteiger partial charge in [0.25, 0.3) is 5.91 Å². The minimum Gasteiger partial charge on any atom is -0.486 e. The summed E-state index contributed by atoms with van der Waals surface area (Å²) in [4.78, 5) is 12.5. The van der Waals surface area contributed by atoms with E-state index in [-0.39, 0.29) is 16.8 Å². The van der Waals surface area contributed by atoms with Crippen molar-refractivity contribution in [1.82, 2.24) is 5.32 Å². The van der Waals surface area contributed by atoms with Crippen molar-refractivity contribution in [3.63, 3.8) is 0 Å². The fourth-order valence-electron chi connectivity index (χ4n) is 2.55. The maximum atomic E-state index is 12.5. The number of nitrogens with one attached hydrogen (secondary N) is 1. The zero-order valence-corrected chi connectivity index (χ0v) is 15.4. The Hall–Kier alpha value is -2.29. The van der Waals surface area contributed by atoms with Crippen molar-refractivity contribution >= 4 is 27.5 Å². The number of fused-ring (bicyclic) bond motifs is 1. The molecule has 7 nitrogen and oxygen atoms in total. The molecule has 9 heteroatoms. The number of carbonyl (C=O) groups is 1. The fraction of sp³-hybridized carbons (Fsp3) is 0.235. The van der Waals surface area contributed by atoms with Crippen LogP contribution in [-0.4, -0.2) is 27.5 Å². The van der Waals surface area contributed by atoms with Crippen molar-refractivity contribution in [2.45, 2.75) is 17.9 Å². The first-order valence-electron chi connectivity index (χ1n) is 7.78. The lowest BCUT2D eigenvalue weighted by atomic mass is 10.1. The van der Waals surface area contributed by atoms with Gasteiger partial charge in [0, 0.05) is 5.56 Å². The van der Waals surface area contributed by atoms with Crippen molar-refractivity contribution in [2.75, 3.05) is 13.2 Å². The molecule has 1 unspecified atom stereocenters. The molecule has 3 N–H and O–H groups in total. The van der Waals surface area contributed by atoms with Crippen LogP contribution in [0.2, 0.25) is 5.02 Å². The number of hydrogen-bond donors (Lipinski definition) is 2. The van der Waals surface area contributed by atoms with Crippen molar-refractivity contribution in [3.05, 3.63) is 52.5 Å². The number of carbonyl (C=O) groups excluding carboxylic acids is 1. The second-order valence-corrected chi connectivity index (χ2v) is 7.76. The van der Waals surface area contributed by atoms with Crippen molar-refractivity contribution in [3.8, 4) is 11.5 Å². The number of primary sulfonamides is 1. The number of halogens is 1. The summed E-state index contributed by atoms with van der Waals surface area (Å²) in [5.74, 6) is 0.520. The molecule has 1 atom stereocenters. The summed E-state index contributed by atoms with van der Waals surface area (Å²) in [5.41, 5.74) is 1.07. The van der Waals surface area contributed by atoms with Gasteiger partial charge in [-0.1, -0.05) is 23.7 Å². The summed E-state index contributed by atoms with van der Waals surface area (Å²) < 4.78 is 33.5. The van der Waals surface area contributed by atoms with Gasteiger partial charge < -0.3 is 14.8 Å². The molecule has 2 aromatic carbocycles. The largest absolute Gasteiger partial charge is 0.486 e. The molecule has 1 aliphatic heterocycles. The van der Waals surface area contributed by atoms with E-state index in [1.807, 2.05) is 0 Å². The molecule has 1 aliphatic rings.